The molecule has 0 atom stereocenters. The van der Waals surface area contributed by atoms with Gasteiger partial charge in [-0.15, -0.1) is 0 Å². The SMILES string of the molecule is Cc1nc2ccccn2c1COC(=O)CCC(=O)O. The van der Waals surface area contributed by atoms with Crippen LogP contribution in [0.5, 0.6) is 0 Å². The fourth-order valence-corrected chi connectivity index (χ4v) is 1.77. The average molecular weight is 262 g/mol. The molecule has 0 bridgehead atoms. The molecule has 19 heavy (non-hydrogen) atoms. The maximum absolute atomic E-state index is 11.4. The summed E-state index contributed by atoms with van der Waals surface area (Å²) in [6.45, 7) is 1.93. The highest BCUT2D eigenvalue weighted by Crippen LogP contribution is 2.13. The molecule has 0 aliphatic carbocycles. The Balaban J connectivity index is 2.03. The Morgan fingerprint density at radius 3 is 2.89 bits per heavy atom. The number of carbonyl (C=O) groups excluding carboxylic acids is 1. The molecule has 0 amide bonds. The van der Waals surface area contributed by atoms with Crippen molar-refractivity contribution in [3.63, 3.8) is 0 Å². The molecule has 2 rings (SSSR count). The predicted octanol–water partition coefficient (Wildman–Crippen LogP) is 1.55. The number of carboxylic acids is 1. The van der Waals surface area contributed by atoms with E-state index in [4.69, 9.17) is 9.84 Å². The predicted molar refractivity (Wildman–Crippen MR) is 66.6 cm³/mol. The average Bonchev–Trinajstić information content (AvgIpc) is 2.69. The lowest BCUT2D eigenvalue weighted by Crippen LogP contribution is -2.09. The summed E-state index contributed by atoms with van der Waals surface area (Å²) in [5, 5.41) is 8.48. The van der Waals surface area contributed by atoms with Crippen molar-refractivity contribution in [2.75, 3.05) is 0 Å². The molecule has 0 aliphatic rings. The molecule has 100 valence electrons. The van der Waals surface area contributed by atoms with E-state index in [0.29, 0.717) is 0 Å². The van der Waals surface area contributed by atoms with Gasteiger partial charge in [0, 0.05) is 6.20 Å². The molecule has 2 aromatic heterocycles. The summed E-state index contributed by atoms with van der Waals surface area (Å²) in [7, 11) is 0. The maximum atomic E-state index is 11.4. The van der Waals surface area contributed by atoms with Crippen molar-refractivity contribution < 1.29 is 19.4 Å². The number of nitrogens with zero attached hydrogens (tertiary/aromatic N) is 2. The lowest BCUT2D eigenvalue weighted by Gasteiger charge is -2.05. The van der Waals surface area contributed by atoms with Gasteiger partial charge in [-0.1, -0.05) is 6.07 Å². The molecule has 2 heterocycles. The van der Waals surface area contributed by atoms with Crippen LogP contribution in [0.2, 0.25) is 0 Å². The monoisotopic (exact) mass is 262 g/mol. The number of pyridine rings is 1. The Bertz CT molecular complexity index is 618. The Kier molecular flexibility index (Phi) is 3.79. The molecule has 0 saturated carbocycles. The van der Waals surface area contributed by atoms with Crippen LogP contribution in [0, 0.1) is 6.92 Å². The van der Waals surface area contributed by atoms with Crippen molar-refractivity contribution in [3.8, 4) is 0 Å². The molecular formula is C13H14N2O4. The zero-order valence-electron chi connectivity index (χ0n) is 10.5. The number of rotatable bonds is 5. The summed E-state index contributed by atoms with van der Waals surface area (Å²) >= 11 is 0. The Labute approximate surface area is 109 Å². The van der Waals surface area contributed by atoms with Gasteiger partial charge in [0.15, 0.2) is 0 Å². The molecule has 0 fully saturated rings. The van der Waals surface area contributed by atoms with Gasteiger partial charge in [-0.2, -0.15) is 0 Å². The smallest absolute Gasteiger partial charge is 0.306 e. The topological polar surface area (TPSA) is 80.9 Å². The molecule has 6 heteroatoms. The first-order valence-electron chi connectivity index (χ1n) is 5.88. The van der Waals surface area contributed by atoms with Crippen LogP contribution in [0.15, 0.2) is 24.4 Å². The van der Waals surface area contributed by atoms with Crippen LogP contribution in [-0.2, 0) is 20.9 Å². The Morgan fingerprint density at radius 2 is 2.16 bits per heavy atom. The molecule has 1 N–H and O–H groups in total. The number of ether oxygens (including phenoxy) is 1. The number of hydrogen-bond donors (Lipinski definition) is 1. The van der Waals surface area contributed by atoms with Gasteiger partial charge in [-0.3, -0.25) is 9.59 Å². The maximum Gasteiger partial charge on any atom is 0.306 e. The minimum atomic E-state index is -1.01. The summed E-state index contributed by atoms with van der Waals surface area (Å²) in [5.41, 5.74) is 2.37. The zero-order valence-corrected chi connectivity index (χ0v) is 10.5. The second kappa shape index (κ2) is 5.51. The highest BCUT2D eigenvalue weighted by atomic mass is 16.5. The van der Waals surface area contributed by atoms with E-state index in [1.165, 1.54) is 0 Å². The molecule has 0 aliphatic heterocycles. The number of carbonyl (C=O) groups is 2. The molecule has 0 radical (unpaired) electrons. The number of imidazole rings is 1. The molecule has 0 unspecified atom stereocenters. The molecule has 2 aromatic rings. The van der Waals surface area contributed by atoms with Gasteiger partial charge in [0.1, 0.15) is 12.3 Å². The van der Waals surface area contributed by atoms with Gasteiger partial charge in [-0.05, 0) is 19.1 Å². The lowest BCUT2D eigenvalue weighted by molar-refractivity contribution is -0.148. The number of esters is 1. The van der Waals surface area contributed by atoms with E-state index in [1.54, 1.807) is 0 Å². The number of fused-ring (bicyclic) bond motifs is 1. The molecule has 0 saturated heterocycles. The van der Waals surface area contributed by atoms with Gasteiger partial charge in [0.2, 0.25) is 0 Å². The standard InChI is InChI=1S/C13H14N2O4/c1-9-10(8-19-13(18)6-5-12(16)17)15-7-3-2-4-11(15)14-9/h2-4,7H,5-6,8H2,1H3,(H,16,17). The lowest BCUT2D eigenvalue weighted by atomic mass is 10.3. The normalized spacial score (nSPS) is 10.6. The summed E-state index contributed by atoms with van der Waals surface area (Å²) in [6, 6.07) is 5.61. The minimum absolute atomic E-state index is 0.0927. The largest absolute Gasteiger partial charge is 0.481 e. The van der Waals surface area contributed by atoms with Crippen molar-refractivity contribution >= 4 is 17.6 Å². The Morgan fingerprint density at radius 1 is 1.37 bits per heavy atom. The van der Waals surface area contributed by atoms with Crippen LogP contribution in [0.1, 0.15) is 24.2 Å². The first kappa shape index (κ1) is 13.1. The zero-order chi connectivity index (χ0) is 13.8. The van der Waals surface area contributed by atoms with Crippen molar-refractivity contribution in [2.24, 2.45) is 0 Å². The van der Waals surface area contributed by atoms with Crippen molar-refractivity contribution in [1.82, 2.24) is 9.38 Å². The van der Waals surface area contributed by atoms with Crippen molar-refractivity contribution in [1.29, 1.82) is 0 Å². The summed E-state index contributed by atoms with van der Waals surface area (Å²) in [4.78, 5) is 26.1. The van der Waals surface area contributed by atoms with E-state index >= 15 is 0 Å². The minimum Gasteiger partial charge on any atom is -0.481 e. The van der Waals surface area contributed by atoms with Crippen LogP contribution in [0.25, 0.3) is 5.65 Å². The van der Waals surface area contributed by atoms with Crippen molar-refractivity contribution in [2.45, 2.75) is 26.4 Å². The van der Waals surface area contributed by atoms with Gasteiger partial charge >= 0.3 is 11.9 Å². The number of aryl methyl sites for hydroxylation is 1. The second-order valence-corrected chi connectivity index (χ2v) is 4.13. The van der Waals surface area contributed by atoms with E-state index in [2.05, 4.69) is 4.98 Å². The summed E-state index contributed by atoms with van der Waals surface area (Å²) in [5.74, 6) is -1.53. The summed E-state index contributed by atoms with van der Waals surface area (Å²) < 4.78 is 6.91. The van der Waals surface area contributed by atoms with E-state index in [9.17, 15) is 9.59 Å². The van der Waals surface area contributed by atoms with Crippen LogP contribution in [-0.4, -0.2) is 26.4 Å². The van der Waals surface area contributed by atoms with Gasteiger partial charge < -0.3 is 14.2 Å². The van der Waals surface area contributed by atoms with Gasteiger partial charge in [-0.25, -0.2) is 4.98 Å². The first-order valence-corrected chi connectivity index (χ1v) is 5.88. The molecular weight excluding hydrogens is 248 g/mol. The Hall–Kier alpha value is -2.37. The third-order valence-electron chi connectivity index (χ3n) is 2.74. The highest BCUT2D eigenvalue weighted by molar-refractivity contribution is 5.76. The van der Waals surface area contributed by atoms with Crippen LogP contribution < -0.4 is 0 Å². The van der Waals surface area contributed by atoms with E-state index in [-0.39, 0.29) is 19.4 Å². The number of aliphatic carboxylic acids is 1. The van der Waals surface area contributed by atoms with E-state index in [1.807, 2.05) is 35.7 Å². The first-order chi connectivity index (χ1) is 9.08. The third-order valence-corrected chi connectivity index (χ3v) is 2.74. The van der Waals surface area contributed by atoms with Crippen LogP contribution in [0.4, 0.5) is 0 Å². The number of hydrogen-bond acceptors (Lipinski definition) is 4. The van der Waals surface area contributed by atoms with E-state index < -0.39 is 11.9 Å². The quantitative estimate of drug-likeness (QED) is 0.827. The number of carboxylic acid groups (broad SMARTS) is 1. The number of aromatic nitrogens is 2. The molecule has 0 spiro atoms. The van der Waals surface area contributed by atoms with Crippen molar-refractivity contribution in [3.05, 3.63) is 35.8 Å². The van der Waals surface area contributed by atoms with Crippen LogP contribution in [0.3, 0.4) is 0 Å². The van der Waals surface area contributed by atoms with Gasteiger partial charge in [0.05, 0.1) is 24.2 Å². The highest BCUT2D eigenvalue weighted by Gasteiger charge is 2.11. The van der Waals surface area contributed by atoms with Crippen LogP contribution >= 0.6 is 0 Å². The van der Waals surface area contributed by atoms with Gasteiger partial charge in [0.25, 0.3) is 0 Å². The molecule has 6 nitrogen and oxygen atoms in total. The fraction of sp³-hybridized carbons (Fsp3) is 0.308. The fourth-order valence-electron chi connectivity index (χ4n) is 1.77. The summed E-state index contributed by atoms with van der Waals surface area (Å²) in [6.07, 6.45) is 1.51. The van der Waals surface area contributed by atoms with E-state index in [0.717, 1.165) is 17.0 Å². The third kappa shape index (κ3) is 3.09. The molecule has 0 aromatic carbocycles. The second-order valence-electron chi connectivity index (χ2n) is 4.13.